The SMILES string of the molecule is Cc1ccc(CN2CC(CCl)OC(C)(C)C2)cc1. The van der Waals surface area contributed by atoms with Crippen molar-refractivity contribution in [3.8, 4) is 0 Å². The number of morpholine rings is 1. The molecule has 1 unspecified atom stereocenters. The zero-order valence-electron chi connectivity index (χ0n) is 11.4. The van der Waals surface area contributed by atoms with E-state index in [2.05, 4.69) is 49.9 Å². The van der Waals surface area contributed by atoms with E-state index in [0.29, 0.717) is 5.88 Å². The second-order valence-corrected chi connectivity index (χ2v) is 6.12. The summed E-state index contributed by atoms with van der Waals surface area (Å²) in [4.78, 5) is 2.43. The van der Waals surface area contributed by atoms with Crippen LogP contribution in [0.4, 0.5) is 0 Å². The molecular weight excluding hydrogens is 246 g/mol. The van der Waals surface area contributed by atoms with Crippen LogP contribution >= 0.6 is 11.6 Å². The number of hydrogen-bond donors (Lipinski definition) is 0. The highest BCUT2D eigenvalue weighted by atomic mass is 35.5. The lowest BCUT2D eigenvalue weighted by molar-refractivity contribution is -0.129. The highest BCUT2D eigenvalue weighted by Crippen LogP contribution is 2.23. The quantitative estimate of drug-likeness (QED) is 0.780. The monoisotopic (exact) mass is 267 g/mol. The summed E-state index contributed by atoms with van der Waals surface area (Å²) in [7, 11) is 0. The minimum atomic E-state index is -0.109. The van der Waals surface area contributed by atoms with E-state index in [-0.39, 0.29) is 11.7 Å². The Hall–Kier alpha value is -0.570. The van der Waals surface area contributed by atoms with Gasteiger partial charge in [0.1, 0.15) is 0 Å². The lowest BCUT2D eigenvalue weighted by Crippen LogP contribution is -2.52. The Labute approximate surface area is 115 Å². The molecule has 18 heavy (non-hydrogen) atoms. The number of hydrogen-bond acceptors (Lipinski definition) is 2. The largest absolute Gasteiger partial charge is 0.368 e. The Bertz CT molecular complexity index is 388. The zero-order chi connectivity index (χ0) is 13.2. The van der Waals surface area contributed by atoms with E-state index in [9.17, 15) is 0 Å². The molecular formula is C15H22ClNO. The van der Waals surface area contributed by atoms with Crippen LogP contribution in [0.25, 0.3) is 0 Å². The number of nitrogens with zero attached hydrogens (tertiary/aromatic N) is 1. The van der Waals surface area contributed by atoms with E-state index in [1.807, 2.05) is 0 Å². The van der Waals surface area contributed by atoms with Crippen molar-refractivity contribution in [2.75, 3.05) is 19.0 Å². The standard InChI is InChI=1S/C15H22ClNO/c1-12-4-6-13(7-5-12)9-17-10-14(8-16)18-15(2,3)11-17/h4-7,14H,8-11H2,1-3H3. The number of aryl methyl sites for hydroxylation is 1. The molecule has 3 heteroatoms. The fourth-order valence-electron chi connectivity index (χ4n) is 2.57. The molecule has 0 radical (unpaired) electrons. The third-order valence-electron chi connectivity index (χ3n) is 3.25. The van der Waals surface area contributed by atoms with Gasteiger partial charge in [-0.1, -0.05) is 29.8 Å². The van der Waals surface area contributed by atoms with Gasteiger partial charge in [-0.05, 0) is 26.3 Å². The first kappa shape index (κ1) is 13.9. The maximum atomic E-state index is 5.95. The molecule has 2 nitrogen and oxygen atoms in total. The Morgan fingerprint density at radius 3 is 2.61 bits per heavy atom. The summed E-state index contributed by atoms with van der Waals surface area (Å²) in [6.45, 7) is 9.22. The van der Waals surface area contributed by atoms with Crippen LogP contribution in [-0.4, -0.2) is 35.6 Å². The molecule has 1 aliphatic rings. The number of rotatable bonds is 3. The molecule has 1 heterocycles. The van der Waals surface area contributed by atoms with Gasteiger partial charge in [-0.3, -0.25) is 4.90 Å². The van der Waals surface area contributed by atoms with E-state index in [1.165, 1.54) is 11.1 Å². The molecule has 0 bridgehead atoms. The number of ether oxygens (including phenoxy) is 1. The molecule has 2 rings (SSSR count). The molecule has 0 spiro atoms. The summed E-state index contributed by atoms with van der Waals surface area (Å²) in [6.07, 6.45) is 0.140. The number of halogens is 1. The van der Waals surface area contributed by atoms with Gasteiger partial charge in [-0.25, -0.2) is 0 Å². The molecule has 0 aromatic heterocycles. The Balaban J connectivity index is 2.02. The molecule has 100 valence electrons. The first-order chi connectivity index (χ1) is 8.48. The lowest BCUT2D eigenvalue weighted by atomic mass is 10.0. The number of benzene rings is 1. The first-order valence-electron chi connectivity index (χ1n) is 6.50. The van der Waals surface area contributed by atoms with Gasteiger partial charge in [0, 0.05) is 25.5 Å². The molecule has 1 aliphatic heterocycles. The fraction of sp³-hybridized carbons (Fsp3) is 0.600. The minimum absolute atomic E-state index is 0.109. The van der Waals surface area contributed by atoms with Crippen LogP contribution < -0.4 is 0 Å². The Morgan fingerprint density at radius 2 is 2.00 bits per heavy atom. The summed E-state index contributed by atoms with van der Waals surface area (Å²) < 4.78 is 5.94. The predicted octanol–water partition coefficient (Wildman–Crippen LogP) is 3.21. The molecule has 1 saturated heterocycles. The van der Waals surface area contributed by atoms with Crippen molar-refractivity contribution in [2.24, 2.45) is 0 Å². The van der Waals surface area contributed by atoms with Crippen LogP contribution in [0.2, 0.25) is 0 Å². The van der Waals surface area contributed by atoms with Crippen molar-refractivity contribution in [1.29, 1.82) is 0 Å². The molecule has 1 aromatic rings. The van der Waals surface area contributed by atoms with Crippen LogP contribution in [0.3, 0.4) is 0 Å². The van der Waals surface area contributed by atoms with Crippen LogP contribution in [0.5, 0.6) is 0 Å². The summed E-state index contributed by atoms with van der Waals surface area (Å²) >= 11 is 5.95. The van der Waals surface area contributed by atoms with Crippen molar-refractivity contribution >= 4 is 11.6 Å². The highest BCUT2D eigenvalue weighted by Gasteiger charge is 2.32. The van der Waals surface area contributed by atoms with E-state index in [4.69, 9.17) is 16.3 Å². The molecule has 0 aliphatic carbocycles. The first-order valence-corrected chi connectivity index (χ1v) is 7.04. The minimum Gasteiger partial charge on any atom is -0.368 e. The van der Waals surface area contributed by atoms with Crippen molar-refractivity contribution in [3.05, 3.63) is 35.4 Å². The third kappa shape index (κ3) is 3.71. The van der Waals surface area contributed by atoms with Crippen LogP contribution in [0.1, 0.15) is 25.0 Å². The molecule has 1 fully saturated rings. The molecule has 0 saturated carbocycles. The van der Waals surface area contributed by atoms with E-state index >= 15 is 0 Å². The van der Waals surface area contributed by atoms with Gasteiger partial charge in [0.25, 0.3) is 0 Å². The van der Waals surface area contributed by atoms with Crippen molar-refractivity contribution < 1.29 is 4.74 Å². The van der Waals surface area contributed by atoms with Gasteiger partial charge < -0.3 is 4.74 Å². The maximum absolute atomic E-state index is 5.95. The van der Waals surface area contributed by atoms with E-state index in [0.717, 1.165) is 19.6 Å². The second kappa shape index (κ2) is 5.60. The van der Waals surface area contributed by atoms with Crippen molar-refractivity contribution in [1.82, 2.24) is 4.90 Å². The van der Waals surface area contributed by atoms with Crippen molar-refractivity contribution in [2.45, 2.75) is 39.0 Å². The highest BCUT2D eigenvalue weighted by molar-refractivity contribution is 6.18. The summed E-state index contributed by atoms with van der Waals surface area (Å²) in [5.74, 6) is 0.563. The molecule has 1 atom stereocenters. The van der Waals surface area contributed by atoms with Crippen LogP contribution in [0.15, 0.2) is 24.3 Å². The number of alkyl halides is 1. The van der Waals surface area contributed by atoms with Crippen LogP contribution in [0, 0.1) is 6.92 Å². The lowest BCUT2D eigenvalue weighted by Gasteiger charge is -2.42. The summed E-state index contributed by atoms with van der Waals surface area (Å²) in [5.41, 5.74) is 2.55. The van der Waals surface area contributed by atoms with Gasteiger partial charge >= 0.3 is 0 Å². The Kier molecular flexibility index (Phi) is 4.31. The van der Waals surface area contributed by atoms with Gasteiger partial charge in [-0.2, -0.15) is 0 Å². The van der Waals surface area contributed by atoms with Gasteiger partial charge in [0.15, 0.2) is 0 Å². The zero-order valence-corrected chi connectivity index (χ0v) is 12.2. The Morgan fingerprint density at radius 1 is 1.33 bits per heavy atom. The molecule has 0 amide bonds. The predicted molar refractivity (Wildman–Crippen MR) is 76.1 cm³/mol. The maximum Gasteiger partial charge on any atom is 0.0845 e. The van der Waals surface area contributed by atoms with Gasteiger partial charge in [0.05, 0.1) is 11.7 Å². The normalized spacial score (nSPS) is 24.1. The van der Waals surface area contributed by atoms with E-state index < -0.39 is 0 Å². The van der Waals surface area contributed by atoms with E-state index in [1.54, 1.807) is 0 Å². The smallest absolute Gasteiger partial charge is 0.0845 e. The average molecular weight is 268 g/mol. The third-order valence-corrected chi connectivity index (χ3v) is 3.60. The van der Waals surface area contributed by atoms with Crippen LogP contribution in [-0.2, 0) is 11.3 Å². The fourth-order valence-corrected chi connectivity index (χ4v) is 2.73. The summed E-state index contributed by atoms with van der Waals surface area (Å²) in [6, 6.07) is 8.74. The van der Waals surface area contributed by atoms with Crippen molar-refractivity contribution in [3.63, 3.8) is 0 Å². The molecule has 0 N–H and O–H groups in total. The van der Waals surface area contributed by atoms with Gasteiger partial charge in [-0.15, -0.1) is 11.6 Å². The second-order valence-electron chi connectivity index (χ2n) is 5.81. The average Bonchev–Trinajstić information content (AvgIpc) is 2.30. The van der Waals surface area contributed by atoms with Gasteiger partial charge in [0.2, 0.25) is 0 Å². The molecule has 1 aromatic carbocycles. The topological polar surface area (TPSA) is 12.5 Å². The summed E-state index contributed by atoms with van der Waals surface area (Å²) in [5, 5.41) is 0.